The van der Waals surface area contributed by atoms with Crippen LogP contribution in [0.2, 0.25) is 0 Å². The van der Waals surface area contributed by atoms with Crippen LogP contribution in [-0.4, -0.2) is 12.6 Å². The minimum absolute atomic E-state index is 0.769. The Morgan fingerprint density at radius 1 is 1.25 bits per heavy atom. The van der Waals surface area contributed by atoms with Crippen LogP contribution in [0.5, 0.6) is 0 Å². The van der Waals surface area contributed by atoms with Crippen molar-refractivity contribution in [3.63, 3.8) is 0 Å². The maximum atomic E-state index is 3.56. The molecule has 2 heteroatoms. The summed E-state index contributed by atoms with van der Waals surface area (Å²) in [5, 5.41) is 3.56. The van der Waals surface area contributed by atoms with Crippen molar-refractivity contribution in [1.29, 1.82) is 0 Å². The first-order chi connectivity index (χ1) is 7.78. The molecule has 2 rings (SSSR count). The molecule has 1 aliphatic carbocycles. The molecule has 2 unspecified atom stereocenters. The summed E-state index contributed by atoms with van der Waals surface area (Å²) in [6.07, 6.45) is 5.34. The third-order valence-corrected chi connectivity index (χ3v) is 4.00. The molecular weight excluding hydrogens is 262 g/mol. The molecule has 0 aliphatic heterocycles. The lowest BCUT2D eigenvalue weighted by Gasteiger charge is -2.12. The third kappa shape index (κ3) is 3.33. The van der Waals surface area contributed by atoms with Crippen LogP contribution in [-0.2, 0) is 6.42 Å². The Morgan fingerprint density at radius 3 is 2.69 bits per heavy atom. The van der Waals surface area contributed by atoms with Crippen LogP contribution < -0.4 is 5.32 Å². The molecule has 1 aromatic carbocycles. The summed E-state index contributed by atoms with van der Waals surface area (Å²) in [7, 11) is 0. The fourth-order valence-electron chi connectivity index (χ4n) is 2.69. The van der Waals surface area contributed by atoms with Crippen molar-refractivity contribution in [3.05, 3.63) is 34.3 Å². The van der Waals surface area contributed by atoms with E-state index in [0.717, 1.165) is 18.5 Å². The first-order valence-corrected chi connectivity index (χ1v) is 7.05. The van der Waals surface area contributed by atoms with Gasteiger partial charge in [0.05, 0.1) is 0 Å². The van der Waals surface area contributed by atoms with Crippen LogP contribution in [0, 0.1) is 5.92 Å². The molecule has 0 amide bonds. The van der Waals surface area contributed by atoms with E-state index in [2.05, 4.69) is 52.4 Å². The van der Waals surface area contributed by atoms with Crippen LogP contribution in [0.1, 0.15) is 31.7 Å². The lowest BCUT2D eigenvalue weighted by atomic mass is 9.98. The Labute approximate surface area is 107 Å². The van der Waals surface area contributed by atoms with Gasteiger partial charge in [0, 0.05) is 10.5 Å². The topological polar surface area (TPSA) is 12.0 Å². The monoisotopic (exact) mass is 281 g/mol. The van der Waals surface area contributed by atoms with Gasteiger partial charge in [-0.15, -0.1) is 0 Å². The van der Waals surface area contributed by atoms with E-state index in [0.29, 0.717) is 0 Å². The lowest BCUT2D eigenvalue weighted by molar-refractivity contribution is 0.493. The van der Waals surface area contributed by atoms with E-state index in [1.165, 1.54) is 35.7 Å². The Bertz CT molecular complexity index is 320. The summed E-state index contributed by atoms with van der Waals surface area (Å²) >= 11 is 3.48. The van der Waals surface area contributed by atoms with Crippen molar-refractivity contribution < 1.29 is 0 Å². The number of halogens is 1. The van der Waals surface area contributed by atoms with E-state index in [9.17, 15) is 0 Å². The van der Waals surface area contributed by atoms with Gasteiger partial charge in [0.1, 0.15) is 0 Å². The molecule has 1 nitrogen and oxygen atoms in total. The highest BCUT2D eigenvalue weighted by atomic mass is 79.9. The molecule has 88 valence electrons. The number of hydrogen-bond acceptors (Lipinski definition) is 1. The van der Waals surface area contributed by atoms with Crippen LogP contribution in [0.3, 0.4) is 0 Å². The second kappa shape index (κ2) is 5.83. The summed E-state index contributed by atoms with van der Waals surface area (Å²) in [5.74, 6) is 0.880. The van der Waals surface area contributed by atoms with Gasteiger partial charge >= 0.3 is 0 Å². The van der Waals surface area contributed by atoms with Gasteiger partial charge in [-0.2, -0.15) is 0 Å². The first kappa shape index (κ1) is 12.1. The maximum Gasteiger partial charge on any atom is 0.0175 e. The van der Waals surface area contributed by atoms with Crippen LogP contribution in [0.4, 0.5) is 0 Å². The maximum absolute atomic E-state index is 3.56. The molecule has 0 spiro atoms. The van der Waals surface area contributed by atoms with E-state index in [4.69, 9.17) is 0 Å². The van der Waals surface area contributed by atoms with Gasteiger partial charge in [-0.1, -0.05) is 35.0 Å². The molecule has 0 radical (unpaired) electrons. The average molecular weight is 282 g/mol. The lowest BCUT2D eigenvalue weighted by Crippen LogP contribution is -2.25. The summed E-state index contributed by atoms with van der Waals surface area (Å²) in [5.41, 5.74) is 1.48. The highest BCUT2D eigenvalue weighted by Crippen LogP contribution is 2.28. The molecule has 1 aliphatic rings. The normalized spacial score (nSPS) is 24.9. The van der Waals surface area contributed by atoms with Crippen molar-refractivity contribution in [2.45, 2.75) is 38.6 Å². The molecule has 1 N–H and O–H groups in total. The Balaban J connectivity index is 1.84. The van der Waals surface area contributed by atoms with Gasteiger partial charge in [-0.3, -0.25) is 0 Å². The zero-order chi connectivity index (χ0) is 11.4. The second-order valence-electron chi connectivity index (χ2n) is 4.76. The molecule has 0 saturated heterocycles. The van der Waals surface area contributed by atoms with Crippen LogP contribution in [0.15, 0.2) is 28.7 Å². The summed E-state index contributed by atoms with van der Waals surface area (Å²) in [6.45, 7) is 3.30. The van der Waals surface area contributed by atoms with Gasteiger partial charge in [-0.25, -0.2) is 0 Å². The van der Waals surface area contributed by atoms with E-state index < -0.39 is 0 Å². The molecule has 16 heavy (non-hydrogen) atoms. The quantitative estimate of drug-likeness (QED) is 0.886. The smallest absolute Gasteiger partial charge is 0.0175 e. The molecule has 1 saturated carbocycles. The highest BCUT2D eigenvalue weighted by molar-refractivity contribution is 9.10. The van der Waals surface area contributed by atoms with E-state index in [1.807, 2.05) is 0 Å². The van der Waals surface area contributed by atoms with E-state index in [-0.39, 0.29) is 0 Å². The number of benzene rings is 1. The SMILES string of the molecule is CCNC1CCC(Cc2ccc(Br)cc2)C1. The van der Waals surface area contributed by atoms with Gasteiger partial charge in [0.15, 0.2) is 0 Å². The Kier molecular flexibility index (Phi) is 4.42. The third-order valence-electron chi connectivity index (χ3n) is 3.47. The fourth-order valence-corrected chi connectivity index (χ4v) is 2.95. The minimum Gasteiger partial charge on any atom is -0.314 e. The number of hydrogen-bond donors (Lipinski definition) is 1. The minimum atomic E-state index is 0.769. The summed E-state index contributed by atoms with van der Waals surface area (Å²) in [4.78, 5) is 0. The largest absolute Gasteiger partial charge is 0.314 e. The van der Waals surface area contributed by atoms with E-state index in [1.54, 1.807) is 0 Å². The van der Waals surface area contributed by atoms with Crippen molar-refractivity contribution in [3.8, 4) is 0 Å². The number of rotatable bonds is 4. The van der Waals surface area contributed by atoms with Crippen molar-refractivity contribution in [2.75, 3.05) is 6.54 Å². The van der Waals surface area contributed by atoms with Gasteiger partial charge in [0.2, 0.25) is 0 Å². The predicted molar refractivity (Wildman–Crippen MR) is 72.7 cm³/mol. The van der Waals surface area contributed by atoms with Crippen molar-refractivity contribution in [1.82, 2.24) is 5.32 Å². The van der Waals surface area contributed by atoms with E-state index >= 15 is 0 Å². The molecule has 2 atom stereocenters. The molecule has 0 aromatic heterocycles. The standard InChI is InChI=1S/C14H20BrN/c1-2-16-14-8-5-12(10-14)9-11-3-6-13(15)7-4-11/h3-4,6-7,12,14,16H,2,5,8-10H2,1H3. The molecule has 1 aromatic rings. The summed E-state index contributed by atoms with van der Waals surface area (Å²) < 4.78 is 1.17. The van der Waals surface area contributed by atoms with Gasteiger partial charge < -0.3 is 5.32 Å². The van der Waals surface area contributed by atoms with Crippen molar-refractivity contribution >= 4 is 15.9 Å². The fraction of sp³-hybridized carbons (Fsp3) is 0.571. The first-order valence-electron chi connectivity index (χ1n) is 6.25. The zero-order valence-corrected chi connectivity index (χ0v) is 11.5. The molecule has 0 bridgehead atoms. The summed E-state index contributed by atoms with van der Waals surface area (Å²) in [6, 6.07) is 9.54. The zero-order valence-electron chi connectivity index (χ0n) is 9.88. The highest BCUT2D eigenvalue weighted by Gasteiger charge is 2.23. The van der Waals surface area contributed by atoms with Gasteiger partial charge in [-0.05, 0) is 55.8 Å². The van der Waals surface area contributed by atoms with Crippen LogP contribution >= 0.6 is 15.9 Å². The Morgan fingerprint density at radius 2 is 2.00 bits per heavy atom. The second-order valence-corrected chi connectivity index (χ2v) is 5.68. The molecular formula is C14H20BrN. The average Bonchev–Trinajstić information content (AvgIpc) is 2.70. The van der Waals surface area contributed by atoms with Crippen molar-refractivity contribution in [2.24, 2.45) is 5.92 Å². The van der Waals surface area contributed by atoms with Crippen LogP contribution in [0.25, 0.3) is 0 Å². The molecule has 0 heterocycles. The predicted octanol–water partition coefficient (Wildman–Crippen LogP) is 3.77. The van der Waals surface area contributed by atoms with Gasteiger partial charge in [0.25, 0.3) is 0 Å². The Hall–Kier alpha value is -0.340. The molecule has 1 fully saturated rings. The number of nitrogens with one attached hydrogen (secondary N) is 1.